The van der Waals surface area contributed by atoms with Crippen LogP contribution in [0.25, 0.3) is 0 Å². The number of carbonyl (C=O) groups is 1. The maximum absolute atomic E-state index is 10.9. The molecular weight excluding hydrogens is 312 g/mol. The molecule has 1 aliphatic heterocycles. The molecule has 0 radical (unpaired) electrons. The number of benzene rings is 1. The lowest BCUT2D eigenvalue weighted by atomic mass is 9.90. The van der Waals surface area contributed by atoms with Gasteiger partial charge < -0.3 is 14.6 Å². The molecule has 1 N–H and O–H groups in total. The van der Waals surface area contributed by atoms with Gasteiger partial charge in [0.1, 0.15) is 5.75 Å². The number of carboxylic acid groups (broad SMARTS) is 1. The summed E-state index contributed by atoms with van der Waals surface area (Å²) in [5, 5.41) is 8.98. The third-order valence-electron chi connectivity index (χ3n) is 3.30. The average molecular weight is 329 g/mol. The molecule has 0 saturated carbocycles. The van der Waals surface area contributed by atoms with Crippen molar-refractivity contribution < 1.29 is 19.4 Å². The molecular formula is C14H17BrO4. The molecule has 5 heteroatoms. The Morgan fingerprint density at radius 2 is 2.26 bits per heavy atom. The zero-order valence-electron chi connectivity index (χ0n) is 11.0. The highest BCUT2D eigenvalue weighted by molar-refractivity contribution is 9.10. The van der Waals surface area contributed by atoms with Gasteiger partial charge in [-0.05, 0) is 40.5 Å². The summed E-state index contributed by atoms with van der Waals surface area (Å²) in [5.41, 5.74) is 0.844. The zero-order valence-corrected chi connectivity index (χ0v) is 12.6. The second-order valence-electron chi connectivity index (χ2n) is 5.34. The van der Waals surface area contributed by atoms with Crippen LogP contribution in [0.5, 0.6) is 5.75 Å². The van der Waals surface area contributed by atoms with Crippen LogP contribution in [0.2, 0.25) is 0 Å². The molecule has 0 aromatic heterocycles. The van der Waals surface area contributed by atoms with Crippen molar-refractivity contribution in [2.45, 2.75) is 19.8 Å². The van der Waals surface area contributed by atoms with Crippen LogP contribution in [0.3, 0.4) is 0 Å². The van der Waals surface area contributed by atoms with Crippen molar-refractivity contribution in [3.8, 4) is 5.75 Å². The Morgan fingerprint density at radius 3 is 2.74 bits per heavy atom. The van der Waals surface area contributed by atoms with Gasteiger partial charge in [-0.15, -0.1) is 0 Å². The predicted molar refractivity (Wildman–Crippen MR) is 74.6 cm³/mol. The third kappa shape index (κ3) is 3.28. The van der Waals surface area contributed by atoms with E-state index in [1.54, 1.807) is 19.1 Å². The molecule has 1 aromatic rings. The Kier molecular flexibility index (Phi) is 4.16. The summed E-state index contributed by atoms with van der Waals surface area (Å²) < 4.78 is 11.7. The third-order valence-corrected chi connectivity index (χ3v) is 3.92. The van der Waals surface area contributed by atoms with E-state index in [4.69, 9.17) is 14.6 Å². The van der Waals surface area contributed by atoms with Gasteiger partial charge in [-0.1, -0.05) is 13.0 Å². The van der Waals surface area contributed by atoms with Gasteiger partial charge in [0.2, 0.25) is 0 Å². The lowest BCUT2D eigenvalue weighted by Gasteiger charge is -2.37. The molecule has 4 nitrogen and oxygen atoms in total. The van der Waals surface area contributed by atoms with E-state index >= 15 is 0 Å². The molecule has 19 heavy (non-hydrogen) atoms. The summed E-state index contributed by atoms with van der Waals surface area (Å²) in [6, 6.07) is 5.40. The number of halogens is 1. The summed E-state index contributed by atoms with van der Waals surface area (Å²) in [4.78, 5) is 10.9. The van der Waals surface area contributed by atoms with Crippen LogP contribution in [-0.4, -0.2) is 30.9 Å². The molecule has 1 fully saturated rings. The fraction of sp³-hybridized carbons (Fsp3) is 0.500. The van der Waals surface area contributed by atoms with E-state index in [0.29, 0.717) is 6.61 Å². The van der Waals surface area contributed by atoms with Crippen LogP contribution in [0.1, 0.15) is 25.3 Å². The van der Waals surface area contributed by atoms with Crippen molar-refractivity contribution in [1.82, 2.24) is 0 Å². The van der Waals surface area contributed by atoms with E-state index in [2.05, 4.69) is 22.9 Å². The summed E-state index contributed by atoms with van der Waals surface area (Å²) >= 11 is 3.42. The first kappa shape index (κ1) is 14.3. The van der Waals surface area contributed by atoms with Crippen LogP contribution in [0.4, 0.5) is 0 Å². The molecule has 0 aliphatic carbocycles. The molecule has 1 aromatic carbocycles. The molecule has 1 heterocycles. The van der Waals surface area contributed by atoms with Gasteiger partial charge >= 0.3 is 5.97 Å². The predicted octanol–water partition coefficient (Wildman–Crippen LogP) is 3.05. The number of carboxylic acids is 1. The highest BCUT2D eigenvalue weighted by Crippen LogP contribution is 2.32. The van der Waals surface area contributed by atoms with E-state index in [1.807, 2.05) is 6.07 Å². The standard InChI is InChI=1S/C14H17BrO4/c1-9(13(16)17)10-3-4-12(11(15)5-10)19-8-14(2)6-18-7-14/h3-5,9H,6-8H2,1-2H3,(H,16,17). The Labute approximate surface area is 120 Å². The van der Waals surface area contributed by atoms with E-state index in [9.17, 15) is 4.79 Å². The number of ether oxygens (including phenoxy) is 2. The summed E-state index contributed by atoms with van der Waals surface area (Å²) in [6.07, 6.45) is 0. The van der Waals surface area contributed by atoms with Crippen molar-refractivity contribution in [3.05, 3.63) is 28.2 Å². The second-order valence-corrected chi connectivity index (χ2v) is 6.20. The SMILES string of the molecule is CC(C(=O)O)c1ccc(OCC2(C)COC2)c(Br)c1. The maximum atomic E-state index is 10.9. The fourth-order valence-corrected chi connectivity index (χ4v) is 2.34. The Bertz CT molecular complexity index is 482. The van der Waals surface area contributed by atoms with Gasteiger partial charge in [0.05, 0.1) is 30.2 Å². The van der Waals surface area contributed by atoms with Gasteiger partial charge in [0, 0.05) is 5.41 Å². The van der Waals surface area contributed by atoms with Crippen LogP contribution in [0, 0.1) is 5.41 Å². The van der Waals surface area contributed by atoms with E-state index in [1.165, 1.54) is 0 Å². The molecule has 2 rings (SSSR count). The first-order valence-electron chi connectivity index (χ1n) is 6.14. The number of hydrogen-bond acceptors (Lipinski definition) is 3. The molecule has 0 spiro atoms. The van der Waals surface area contributed by atoms with Crippen LogP contribution in [-0.2, 0) is 9.53 Å². The minimum atomic E-state index is -0.834. The Balaban J connectivity index is 2.04. The van der Waals surface area contributed by atoms with Crippen LogP contribution >= 0.6 is 15.9 Å². The van der Waals surface area contributed by atoms with E-state index in [0.717, 1.165) is 29.0 Å². The molecule has 0 amide bonds. The Morgan fingerprint density at radius 1 is 1.58 bits per heavy atom. The lowest BCUT2D eigenvalue weighted by Crippen LogP contribution is -2.44. The van der Waals surface area contributed by atoms with Crippen molar-refractivity contribution in [2.75, 3.05) is 19.8 Å². The normalized spacial score (nSPS) is 18.5. The minimum Gasteiger partial charge on any atom is -0.492 e. The van der Waals surface area contributed by atoms with Gasteiger partial charge in [-0.2, -0.15) is 0 Å². The molecule has 1 atom stereocenters. The van der Waals surface area contributed by atoms with Crippen LogP contribution < -0.4 is 4.74 Å². The zero-order chi connectivity index (χ0) is 14.0. The van der Waals surface area contributed by atoms with Crippen molar-refractivity contribution in [3.63, 3.8) is 0 Å². The molecule has 104 valence electrons. The highest BCUT2D eigenvalue weighted by atomic mass is 79.9. The fourth-order valence-electron chi connectivity index (χ4n) is 1.83. The van der Waals surface area contributed by atoms with Crippen molar-refractivity contribution in [2.24, 2.45) is 5.41 Å². The summed E-state index contributed by atoms with van der Waals surface area (Å²) in [7, 11) is 0. The topological polar surface area (TPSA) is 55.8 Å². The summed E-state index contributed by atoms with van der Waals surface area (Å²) in [6.45, 7) is 5.82. The molecule has 0 bridgehead atoms. The number of aliphatic carboxylic acids is 1. The van der Waals surface area contributed by atoms with E-state index in [-0.39, 0.29) is 5.41 Å². The molecule has 1 aliphatic rings. The van der Waals surface area contributed by atoms with Gasteiger partial charge in [-0.3, -0.25) is 4.79 Å². The van der Waals surface area contributed by atoms with Gasteiger partial charge in [0.15, 0.2) is 0 Å². The summed E-state index contributed by atoms with van der Waals surface area (Å²) in [5.74, 6) is -0.628. The second kappa shape index (κ2) is 5.51. The quantitative estimate of drug-likeness (QED) is 0.902. The van der Waals surface area contributed by atoms with Gasteiger partial charge in [-0.25, -0.2) is 0 Å². The van der Waals surface area contributed by atoms with E-state index < -0.39 is 11.9 Å². The molecule has 1 unspecified atom stereocenters. The maximum Gasteiger partial charge on any atom is 0.310 e. The van der Waals surface area contributed by atoms with Crippen molar-refractivity contribution >= 4 is 21.9 Å². The Hall–Kier alpha value is -1.07. The first-order chi connectivity index (χ1) is 8.91. The first-order valence-corrected chi connectivity index (χ1v) is 6.93. The van der Waals surface area contributed by atoms with Crippen molar-refractivity contribution in [1.29, 1.82) is 0 Å². The highest BCUT2D eigenvalue weighted by Gasteiger charge is 2.34. The lowest BCUT2D eigenvalue weighted by molar-refractivity contribution is -0.138. The number of rotatable bonds is 5. The number of hydrogen-bond donors (Lipinski definition) is 1. The monoisotopic (exact) mass is 328 g/mol. The smallest absolute Gasteiger partial charge is 0.310 e. The average Bonchev–Trinajstić information content (AvgIpc) is 2.34. The largest absolute Gasteiger partial charge is 0.492 e. The van der Waals surface area contributed by atoms with Gasteiger partial charge in [0.25, 0.3) is 0 Å². The molecule has 1 saturated heterocycles. The minimum absolute atomic E-state index is 0.0897. The van der Waals surface area contributed by atoms with Crippen LogP contribution in [0.15, 0.2) is 22.7 Å².